The highest BCUT2D eigenvalue weighted by molar-refractivity contribution is 7.47. The zero-order chi connectivity index (χ0) is 38.1. The molecule has 0 amide bonds. The van der Waals surface area contributed by atoms with Gasteiger partial charge in [-0.15, -0.1) is 0 Å². The van der Waals surface area contributed by atoms with Gasteiger partial charge in [0, 0.05) is 18.9 Å². The lowest BCUT2D eigenvalue weighted by Crippen LogP contribution is -2.37. The van der Waals surface area contributed by atoms with Crippen molar-refractivity contribution in [3.63, 3.8) is 0 Å². The number of esters is 3. The molecule has 0 radical (unpaired) electrons. The van der Waals surface area contributed by atoms with E-state index in [4.69, 9.17) is 23.3 Å². The molecule has 0 spiro atoms. The van der Waals surface area contributed by atoms with Gasteiger partial charge in [0.2, 0.25) is 0 Å². The van der Waals surface area contributed by atoms with Crippen molar-refractivity contribution in [1.82, 2.24) is 0 Å². The molecule has 2 atom stereocenters. The van der Waals surface area contributed by atoms with Crippen LogP contribution in [0, 0.1) is 0 Å². The van der Waals surface area contributed by atoms with Crippen molar-refractivity contribution in [3.05, 3.63) is 12.7 Å². The first kappa shape index (κ1) is 49.2. The van der Waals surface area contributed by atoms with Crippen LogP contribution >= 0.6 is 7.82 Å². The van der Waals surface area contributed by atoms with Crippen LogP contribution in [0.2, 0.25) is 0 Å². The van der Waals surface area contributed by atoms with Crippen molar-refractivity contribution in [2.24, 2.45) is 0 Å². The fraction of sp³-hybridized carbons (Fsp3) is 0.872. The first-order chi connectivity index (χ1) is 24.4. The molecule has 11 nitrogen and oxygen atoms in total. The van der Waals surface area contributed by atoms with Gasteiger partial charge in [0.05, 0.1) is 34.4 Å². The molecule has 0 aliphatic rings. The Morgan fingerprint density at radius 3 is 1.55 bits per heavy atom. The van der Waals surface area contributed by atoms with Gasteiger partial charge in [0.1, 0.15) is 19.8 Å². The maximum atomic E-state index is 12.6. The largest absolute Gasteiger partial charge is 0.472 e. The molecule has 0 saturated heterocycles. The molecular formula is C39H75NO10P+. The minimum atomic E-state index is -4.39. The predicted octanol–water partition coefficient (Wildman–Crippen LogP) is 9.39. The molecule has 0 saturated carbocycles. The molecule has 51 heavy (non-hydrogen) atoms. The van der Waals surface area contributed by atoms with E-state index in [1.165, 1.54) is 70.3 Å². The SMILES string of the molecule is C=CC(=O)OCCCCCCCCCCCC(=O)O[C@H](COC(=O)CCCCCCCCCCCCCCC)COP(=O)(O)OCC[N+](C)(C)C. The molecule has 0 heterocycles. The Balaban J connectivity index is 4.38. The number of rotatable bonds is 37. The number of hydrogen-bond acceptors (Lipinski definition) is 9. The molecule has 0 aliphatic carbocycles. The van der Waals surface area contributed by atoms with E-state index in [2.05, 4.69) is 13.5 Å². The van der Waals surface area contributed by atoms with Crippen LogP contribution in [-0.4, -0.2) is 87.5 Å². The van der Waals surface area contributed by atoms with Gasteiger partial charge in [0.25, 0.3) is 0 Å². The Bertz CT molecular complexity index is 939. The topological polar surface area (TPSA) is 135 Å². The van der Waals surface area contributed by atoms with E-state index in [0.717, 1.165) is 70.6 Å². The smallest absolute Gasteiger partial charge is 0.463 e. The summed E-state index contributed by atoms with van der Waals surface area (Å²) in [4.78, 5) is 46.2. The summed E-state index contributed by atoms with van der Waals surface area (Å²) >= 11 is 0. The van der Waals surface area contributed by atoms with Gasteiger partial charge in [-0.05, 0) is 19.3 Å². The van der Waals surface area contributed by atoms with Crippen LogP contribution in [0.4, 0.5) is 0 Å². The van der Waals surface area contributed by atoms with E-state index in [1.54, 1.807) is 0 Å². The van der Waals surface area contributed by atoms with Crippen molar-refractivity contribution in [3.8, 4) is 0 Å². The van der Waals surface area contributed by atoms with Crippen molar-refractivity contribution >= 4 is 25.7 Å². The molecule has 0 aromatic rings. The molecule has 300 valence electrons. The van der Waals surface area contributed by atoms with Gasteiger partial charge in [-0.3, -0.25) is 18.6 Å². The average molecular weight is 749 g/mol. The van der Waals surface area contributed by atoms with E-state index >= 15 is 0 Å². The van der Waals surface area contributed by atoms with Crippen LogP contribution in [0.1, 0.15) is 161 Å². The number of nitrogens with zero attached hydrogens (tertiary/aromatic N) is 1. The number of carbonyl (C=O) groups excluding carboxylic acids is 3. The van der Waals surface area contributed by atoms with E-state index in [-0.39, 0.29) is 38.0 Å². The fourth-order valence-electron chi connectivity index (χ4n) is 5.39. The summed E-state index contributed by atoms with van der Waals surface area (Å²) in [5.41, 5.74) is 0. The highest BCUT2D eigenvalue weighted by atomic mass is 31.2. The Kier molecular flexibility index (Phi) is 31.7. The normalized spacial score (nSPS) is 13.4. The monoisotopic (exact) mass is 749 g/mol. The maximum absolute atomic E-state index is 12.6. The van der Waals surface area contributed by atoms with E-state index < -0.39 is 26.5 Å². The van der Waals surface area contributed by atoms with E-state index in [0.29, 0.717) is 24.1 Å². The Morgan fingerprint density at radius 1 is 0.627 bits per heavy atom. The van der Waals surface area contributed by atoms with Crippen LogP contribution in [0.3, 0.4) is 0 Å². The first-order valence-corrected chi connectivity index (χ1v) is 21.4. The lowest BCUT2D eigenvalue weighted by atomic mass is 10.0. The summed E-state index contributed by atoms with van der Waals surface area (Å²) in [7, 11) is 1.42. The van der Waals surface area contributed by atoms with Crippen LogP contribution < -0.4 is 0 Å². The molecule has 0 rings (SSSR count). The first-order valence-electron chi connectivity index (χ1n) is 19.9. The number of phosphoric ester groups is 1. The number of unbranched alkanes of at least 4 members (excludes halogenated alkanes) is 20. The second-order valence-corrected chi connectivity index (χ2v) is 16.2. The lowest BCUT2D eigenvalue weighted by molar-refractivity contribution is -0.870. The fourth-order valence-corrected chi connectivity index (χ4v) is 6.13. The van der Waals surface area contributed by atoms with Gasteiger partial charge < -0.3 is 23.6 Å². The van der Waals surface area contributed by atoms with Crippen LogP contribution in [0.25, 0.3) is 0 Å². The maximum Gasteiger partial charge on any atom is 0.472 e. The highest BCUT2D eigenvalue weighted by Gasteiger charge is 2.27. The summed E-state index contributed by atoms with van der Waals surface area (Å²) in [5.74, 6) is -1.23. The standard InChI is InChI=1S/C39H74NO10P/c1-6-8-9-10-11-12-13-14-15-17-20-23-26-29-38(42)47-34-36(35-49-51(44,45)48-33-31-40(3,4)5)50-39(43)30-27-24-21-18-16-19-22-25-28-32-46-37(41)7-2/h7,36H,2,6,8-35H2,1,3-5H3/p+1/t36-/m1/s1. The Hall–Kier alpha value is -1.78. The summed E-state index contributed by atoms with van der Waals surface area (Å²) < 4.78 is 39.1. The van der Waals surface area contributed by atoms with Crippen LogP contribution in [0.15, 0.2) is 12.7 Å². The molecular weight excluding hydrogens is 673 g/mol. The molecule has 0 aromatic heterocycles. The van der Waals surface area contributed by atoms with Gasteiger partial charge in [-0.2, -0.15) is 0 Å². The van der Waals surface area contributed by atoms with Crippen molar-refractivity contribution in [1.29, 1.82) is 0 Å². The summed E-state index contributed by atoms with van der Waals surface area (Å²) in [6, 6.07) is 0. The molecule has 0 fully saturated rings. The molecule has 0 bridgehead atoms. The van der Waals surface area contributed by atoms with E-state index in [1.807, 2.05) is 21.1 Å². The molecule has 0 aromatic carbocycles. The molecule has 12 heteroatoms. The number of likely N-dealkylation sites (N-methyl/N-ethyl adjacent to an activating group) is 1. The van der Waals surface area contributed by atoms with Crippen LogP contribution in [-0.2, 0) is 42.2 Å². The third kappa shape index (κ3) is 36.4. The number of carbonyl (C=O) groups is 3. The minimum absolute atomic E-state index is 0.0169. The van der Waals surface area contributed by atoms with Gasteiger partial charge in [0.15, 0.2) is 6.10 Å². The predicted molar refractivity (Wildman–Crippen MR) is 203 cm³/mol. The summed E-state index contributed by atoms with van der Waals surface area (Å²) in [6.07, 6.45) is 25.3. The summed E-state index contributed by atoms with van der Waals surface area (Å²) in [5, 5.41) is 0. The summed E-state index contributed by atoms with van der Waals surface area (Å²) in [6.45, 7) is 5.89. The van der Waals surface area contributed by atoms with Gasteiger partial charge in [-0.25, -0.2) is 9.36 Å². The van der Waals surface area contributed by atoms with Crippen molar-refractivity contribution in [2.75, 3.05) is 54.1 Å². The average Bonchev–Trinajstić information content (AvgIpc) is 3.07. The van der Waals surface area contributed by atoms with Crippen molar-refractivity contribution in [2.45, 2.75) is 167 Å². The highest BCUT2D eigenvalue weighted by Crippen LogP contribution is 2.43. The second-order valence-electron chi connectivity index (χ2n) is 14.7. The van der Waals surface area contributed by atoms with Crippen molar-refractivity contribution < 1.29 is 51.6 Å². The molecule has 1 N–H and O–H groups in total. The number of quaternary nitrogens is 1. The van der Waals surface area contributed by atoms with Gasteiger partial charge in [-0.1, -0.05) is 135 Å². The minimum Gasteiger partial charge on any atom is -0.463 e. The number of hydrogen-bond donors (Lipinski definition) is 1. The quantitative estimate of drug-likeness (QED) is 0.0164. The zero-order valence-electron chi connectivity index (χ0n) is 32.9. The number of ether oxygens (including phenoxy) is 3. The number of phosphoric acid groups is 1. The Morgan fingerprint density at radius 2 is 1.08 bits per heavy atom. The molecule has 0 aliphatic heterocycles. The van der Waals surface area contributed by atoms with Gasteiger partial charge >= 0.3 is 25.7 Å². The third-order valence-electron chi connectivity index (χ3n) is 8.59. The second kappa shape index (κ2) is 32.8. The molecule has 1 unspecified atom stereocenters. The zero-order valence-corrected chi connectivity index (χ0v) is 33.8. The Labute approximate surface area is 310 Å². The van der Waals surface area contributed by atoms with Crippen LogP contribution in [0.5, 0.6) is 0 Å². The van der Waals surface area contributed by atoms with E-state index in [9.17, 15) is 23.8 Å². The third-order valence-corrected chi connectivity index (χ3v) is 9.57. The lowest BCUT2D eigenvalue weighted by Gasteiger charge is -2.24.